The van der Waals surface area contributed by atoms with Gasteiger partial charge in [-0.2, -0.15) is 0 Å². The Hall–Kier alpha value is -0.970. The maximum Gasteiger partial charge on any atom is 0.179 e. The van der Waals surface area contributed by atoms with Crippen LogP contribution < -0.4 is 15.0 Å². The maximum atomic E-state index is 8.55. The van der Waals surface area contributed by atoms with Gasteiger partial charge in [0, 0.05) is 6.54 Å². The summed E-state index contributed by atoms with van der Waals surface area (Å²) in [5.41, 5.74) is 2.91. The summed E-state index contributed by atoms with van der Waals surface area (Å²) in [5.74, 6) is 1.22. The summed E-state index contributed by atoms with van der Waals surface area (Å²) >= 11 is 5.97. The smallest absolute Gasteiger partial charge is 0.179 e. The number of rotatable bonds is 2. The van der Waals surface area contributed by atoms with E-state index in [1.54, 1.807) is 12.1 Å². The van der Waals surface area contributed by atoms with Crippen molar-refractivity contribution < 1.29 is 14.7 Å². The molecule has 0 aliphatic carbocycles. The second kappa shape index (κ2) is 4.04. The first kappa shape index (κ1) is 9.58. The average molecular weight is 216 g/mol. The zero-order chi connectivity index (χ0) is 9.97. The molecule has 76 valence electrons. The van der Waals surface area contributed by atoms with Crippen molar-refractivity contribution in [2.75, 3.05) is 13.2 Å². The number of fused-ring (bicyclic) bond motifs is 1. The molecule has 1 aliphatic heterocycles. The van der Waals surface area contributed by atoms with Gasteiger partial charge in [0.2, 0.25) is 0 Å². The van der Waals surface area contributed by atoms with Crippen molar-refractivity contribution >= 4 is 11.6 Å². The van der Waals surface area contributed by atoms with Crippen LogP contribution in [-0.2, 0) is 6.54 Å². The molecular weight excluding hydrogens is 206 g/mol. The van der Waals surface area contributed by atoms with Crippen LogP contribution in [0.3, 0.4) is 0 Å². The number of ether oxygens (including phenoxy) is 2. The van der Waals surface area contributed by atoms with Crippen LogP contribution >= 0.6 is 11.6 Å². The lowest BCUT2D eigenvalue weighted by atomic mass is 10.2. The van der Waals surface area contributed by atoms with Crippen molar-refractivity contribution in [2.45, 2.75) is 6.54 Å². The third kappa shape index (κ3) is 1.77. The van der Waals surface area contributed by atoms with Crippen LogP contribution in [0.4, 0.5) is 0 Å². The third-order valence-corrected chi connectivity index (χ3v) is 2.22. The van der Waals surface area contributed by atoms with Gasteiger partial charge >= 0.3 is 0 Å². The Morgan fingerprint density at radius 1 is 1.36 bits per heavy atom. The summed E-state index contributed by atoms with van der Waals surface area (Å²) in [4.78, 5) is 0. The van der Waals surface area contributed by atoms with E-state index in [0.717, 1.165) is 5.56 Å². The first-order valence-electron chi connectivity index (χ1n) is 4.26. The minimum absolute atomic E-state index is 0.330. The Kier molecular flexibility index (Phi) is 2.77. The highest BCUT2D eigenvalue weighted by molar-refractivity contribution is 6.32. The fraction of sp³-hybridized carbons (Fsp3) is 0.333. The molecule has 0 radical (unpaired) electrons. The van der Waals surface area contributed by atoms with Gasteiger partial charge in [-0.1, -0.05) is 11.6 Å². The topological polar surface area (TPSA) is 50.7 Å². The first-order valence-corrected chi connectivity index (χ1v) is 4.64. The Morgan fingerprint density at radius 3 is 2.93 bits per heavy atom. The molecule has 5 heteroatoms. The average Bonchev–Trinajstić information content (AvgIpc) is 2.18. The molecular formula is C9H10ClNO3. The number of halogens is 1. The molecule has 1 aliphatic rings. The molecule has 0 saturated carbocycles. The second-order valence-corrected chi connectivity index (χ2v) is 3.34. The van der Waals surface area contributed by atoms with Gasteiger partial charge in [-0.15, -0.1) is 0 Å². The van der Waals surface area contributed by atoms with Crippen molar-refractivity contribution in [1.82, 2.24) is 5.48 Å². The number of benzene rings is 1. The van der Waals surface area contributed by atoms with Crippen molar-refractivity contribution in [3.05, 3.63) is 22.7 Å². The lowest BCUT2D eigenvalue weighted by Gasteiger charge is -2.20. The van der Waals surface area contributed by atoms with E-state index in [-0.39, 0.29) is 0 Å². The SMILES string of the molecule is ONCc1cc(Cl)c2c(c1)OCCO2. The van der Waals surface area contributed by atoms with Crippen molar-refractivity contribution in [1.29, 1.82) is 0 Å². The maximum absolute atomic E-state index is 8.55. The van der Waals surface area contributed by atoms with E-state index in [2.05, 4.69) is 5.48 Å². The van der Waals surface area contributed by atoms with E-state index < -0.39 is 0 Å². The predicted molar refractivity (Wildman–Crippen MR) is 51.1 cm³/mol. The van der Waals surface area contributed by atoms with E-state index in [9.17, 15) is 0 Å². The van der Waals surface area contributed by atoms with Crippen LogP contribution in [0, 0.1) is 0 Å². The highest BCUT2D eigenvalue weighted by Crippen LogP contribution is 2.38. The summed E-state index contributed by atoms with van der Waals surface area (Å²) in [6.45, 7) is 1.38. The van der Waals surface area contributed by atoms with E-state index in [1.807, 2.05) is 0 Å². The minimum Gasteiger partial charge on any atom is -0.486 e. The highest BCUT2D eigenvalue weighted by atomic mass is 35.5. The zero-order valence-corrected chi connectivity index (χ0v) is 8.17. The molecule has 4 nitrogen and oxygen atoms in total. The highest BCUT2D eigenvalue weighted by Gasteiger charge is 2.16. The monoisotopic (exact) mass is 215 g/mol. The number of hydrogen-bond donors (Lipinski definition) is 2. The van der Waals surface area contributed by atoms with Crippen molar-refractivity contribution in [3.63, 3.8) is 0 Å². The van der Waals surface area contributed by atoms with Crippen LogP contribution in [-0.4, -0.2) is 18.4 Å². The lowest BCUT2D eigenvalue weighted by Crippen LogP contribution is -2.16. The standard InChI is InChI=1S/C9H10ClNO3/c10-7-3-6(5-11-12)4-8-9(7)14-2-1-13-8/h3-4,11-12H,1-2,5H2. The van der Waals surface area contributed by atoms with Crippen LogP contribution in [0.5, 0.6) is 11.5 Å². The van der Waals surface area contributed by atoms with Gasteiger partial charge in [0.25, 0.3) is 0 Å². The number of hydrogen-bond acceptors (Lipinski definition) is 4. The summed E-state index contributed by atoms with van der Waals surface area (Å²) in [6.07, 6.45) is 0. The molecule has 0 unspecified atom stereocenters. The Morgan fingerprint density at radius 2 is 2.14 bits per heavy atom. The molecule has 1 aromatic carbocycles. The second-order valence-electron chi connectivity index (χ2n) is 2.94. The molecule has 0 fully saturated rings. The Bertz CT molecular complexity index is 343. The van der Waals surface area contributed by atoms with Gasteiger partial charge in [-0.05, 0) is 17.7 Å². The molecule has 0 saturated heterocycles. The molecule has 1 heterocycles. The summed E-state index contributed by atoms with van der Waals surface area (Å²) in [7, 11) is 0. The van der Waals surface area contributed by atoms with E-state index in [1.165, 1.54) is 0 Å². The fourth-order valence-electron chi connectivity index (χ4n) is 1.36. The number of hydroxylamine groups is 1. The molecule has 1 aromatic rings. The third-order valence-electron chi connectivity index (χ3n) is 1.94. The van der Waals surface area contributed by atoms with Gasteiger partial charge < -0.3 is 14.7 Å². The Balaban J connectivity index is 2.36. The van der Waals surface area contributed by atoms with E-state index in [4.69, 9.17) is 26.3 Å². The van der Waals surface area contributed by atoms with Gasteiger partial charge in [0.1, 0.15) is 13.2 Å². The normalized spacial score (nSPS) is 14.1. The Labute approximate surface area is 86.3 Å². The largest absolute Gasteiger partial charge is 0.486 e. The van der Waals surface area contributed by atoms with Crippen LogP contribution in [0.2, 0.25) is 5.02 Å². The minimum atomic E-state index is 0.330. The molecule has 14 heavy (non-hydrogen) atoms. The number of nitrogens with one attached hydrogen (secondary N) is 1. The molecule has 0 atom stereocenters. The zero-order valence-electron chi connectivity index (χ0n) is 7.42. The van der Waals surface area contributed by atoms with Gasteiger partial charge in [0.05, 0.1) is 5.02 Å². The van der Waals surface area contributed by atoms with E-state index >= 15 is 0 Å². The van der Waals surface area contributed by atoms with E-state index in [0.29, 0.717) is 36.3 Å². The molecule has 0 bridgehead atoms. The molecule has 0 amide bonds. The summed E-state index contributed by atoms with van der Waals surface area (Å²) in [5, 5.41) is 9.06. The summed E-state index contributed by atoms with van der Waals surface area (Å²) < 4.78 is 10.7. The van der Waals surface area contributed by atoms with Crippen molar-refractivity contribution in [2.24, 2.45) is 0 Å². The van der Waals surface area contributed by atoms with Crippen molar-refractivity contribution in [3.8, 4) is 11.5 Å². The van der Waals surface area contributed by atoms with Crippen LogP contribution in [0.15, 0.2) is 12.1 Å². The molecule has 2 rings (SSSR count). The van der Waals surface area contributed by atoms with Gasteiger partial charge in [-0.3, -0.25) is 0 Å². The first-order chi connectivity index (χ1) is 6.81. The van der Waals surface area contributed by atoms with Gasteiger partial charge in [0.15, 0.2) is 11.5 Å². The molecule has 0 spiro atoms. The molecule has 0 aromatic heterocycles. The molecule has 2 N–H and O–H groups in total. The summed E-state index contributed by atoms with van der Waals surface area (Å²) in [6, 6.07) is 3.53. The fourth-order valence-corrected chi connectivity index (χ4v) is 1.65. The van der Waals surface area contributed by atoms with Crippen LogP contribution in [0.25, 0.3) is 0 Å². The lowest BCUT2D eigenvalue weighted by molar-refractivity contribution is 0.159. The quantitative estimate of drug-likeness (QED) is 0.736. The van der Waals surface area contributed by atoms with Crippen LogP contribution in [0.1, 0.15) is 5.56 Å². The predicted octanol–water partition coefficient (Wildman–Crippen LogP) is 1.59. The van der Waals surface area contributed by atoms with Gasteiger partial charge in [-0.25, -0.2) is 5.48 Å².